The molecule has 0 aliphatic carbocycles. The van der Waals surface area contributed by atoms with Gasteiger partial charge in [-0.2, -0.15) is 13.2 Å². The van der Waals surface area contributed by atoms with E-state index in [1.54, 1.807) is 12.1 Å². The summed E-state index contributed by atoms with van der Waals surface area (Å²) in [5, 5.41) is 5.53. The lowest BCUT2D eigenvalue weighted by molar-refractivity contribution is -0.132. The number of benzene rings is 1. The van der Waals surface area contributed by atoms with Crippen molar-refractivity contribution in [2.45, 2.75) is 25.4 Å². The number of ether oxygens (including phenoxy) is 1. The van der Waals surface area contributed by atoms with Crippen LogP contribution in [-0.4, -0.2) is 38.9 Å². The quantitative estimate of drug-likeness (QED) is 0.203. The predicted molar refractivity (Wildman–Crippen MR) is 96.6 cm³/mol. The smallest absolute Gasteiger partial charge is 0.390 e. The molecule has 0 amide bonds. The molecular weight excluding hydrogens is 441 g/mol. The Morgan fingerprint density at radius 2 is 1.71 bits per heavy atom. The van der Waals surface area contributed by atoms with Crippen LogP contribution in [0.15, 0.2) is 29.3 Å². The molecule has 0 heterocycles. The van der Waals surface area contributed by atoms with Crippen molar-refractivity contribution < 1.29 is 22.3 Å². The van der Waals surface area contributed by atoms with Crippen molar-refractivity contribution in [2.75, 3.05) is 26.7 Å². The standard InChI is InChI=1S/C15H21F4N3O.HI/c1-20-14(22-10-8-15(17,18)19)21-9-2-3-11-23-13-6-4-12(16)5-7-13;/h4-7H,2-3,8-11H2,1H3,(H2,20,21,22);1H. The molecule has 4 nitrogen and oxygen atoms in total. The first-order valence-electron chi connectivity index (χ1n) is 7.30. The number of guanidine groups is 1. The molecule has 0 saturated heterocycles. The van der Waals surface area contributed by atoms with Gasteiger partial charge in [-0.25, -0.2) is 4.39 Å². The highest BCUT2D eigenvalue weighted by Crippen LogP contribution is 2.18. The number of nitrogens with one attached hydrogen (secondary N) is 2. The van der Waals surface area contributed by atoms with E-state index >= 15 is 0 Å². The molecule has 0 spiro atoms. The molecule has 1 rings (SSSR count). The summed E-state index contributed by atoms with van der Waals surface area (Å²) in [6.07, 6.45) is -3.56. The molecule has 2 N–H and O–H groups in total. The van der Waals surface area contributed by atoms with Crippen LogP contribution >= 0.6 is 24.0 Å². The zero-order valence-electron chi connectivity index (χ0n) is 13.3. The third-order valence-electron chi connectivity index (χ3n) is 2.87. The highest BCUT2D eigenvalue weighted by Gasteiger charge is 2.26. The van der Waals surface area contributed by atoms with E-state index in [1.807, 2.05) is 0 Å². The lowest BCUT2D eigenvalue weighted by atomic mass is 10.3. The second kappa shape index (κ2) is 12.2. The van der Waals surface area contributed by atoms with Crippen LogP contribution in [0.3, 0.4) is 0 Å². The molecule has 0 bridgehead atoms. The highest BCUT2D eigenvalue weighted by molar-refractivity contribution is 14.0. The van der Waals surface area contributed by atoms with E-state index in [1.165, 1.54) is 19.2 Å². The van der Waals surface area contributed by atoms with E-state index in [9.17, 15) is 17.6 Å². The van der Waals surface area contributed by atoms with Crippen LogP contribution in [0, 0.1) is 5.82 Å². The lowest BCUT2D eigenvalue weighted by Crippen LogP contribution is -2.39. The molecule has 0 fully saturated rings. The molecule has 9 heteroatoms. The first-order chi connectivity index (χ1) is 10.9. The molecule has 0 aliphatic heterocycles. The minimum atomic E-state index is -4.18. The summed E-state index contributed by atoms with van der Waals surface area (Å²) in [7, 11) is 1.50. The van der Waals surface area contributed by atoms with Gasteiger partial charge in [-0.15, -0.1) is 24.0 Å². The zero-order chi connectivity index (χ0) is 17.1. The molecule has 0 unspecified atom stereocenters. The Bertz CT molecular complexity index is 481. The van der Waals surface area contributed by atoms with Gasteiger partial charge in [-0.05, 0) is 37.1 Å². The summed E-state index contributed by atoms with van der Waals surface area (Å²) in [4.78, 5) is 3.84. The van der Waals surface area contributed by atoms with E-state index in [0.717, 1.165) is 12.8 Å². The number of aliphatic imine (C=N–C) groups is 1. The highest BCUT2D eigenvalue weighted by atomic mass is 127. The topological polar surface area (TPSA) is 45.7 Å². The SMILES string of the molecule is CN=C(NCCCCOc1ccc(F)cc1)NCCC(F)(F)F.I. The maximum absolute atomic E-state index is 12.7. The molecule has 0 radical (unpaired) electrons. The first-order valence-corrected chi connectivity index (χ1v) is 7.30. The summed E-state index contributed by atoms with van der Waals surface area (Å²) in [6.45, 7) is 0.836. The van der Waals surface area contributed by atoms with Gasteiger partial charge in [-0.3, -0.25) is 4.99 Å². The van der Waals surface area contributed by atoms with Crippen molar-refractivity contribution in [1.29, 1.82) is 0 Å². The fourth-order valence-electron chi connectivity index (χ4n) is 1.70. The molecule has 0 atom stereocenters. The van der Waals surface area contributed by atoms with Crippen molar-refractivity contribution in [3.8, 4) is 5.75 Å². The molecule has 0 aliphatic rings. The number of hydrogen-bond donors (Lipinski definition) is 2. The Hall–Kier alpha value is -1.26. The van der Waals surface area contributed by atoms with Gasteiger partial charge in [0.2, 0.25) is 0 Å². The molecular formula is C15H22F4IN3O. The second-order valence-electron chi connectivity index (χ2n) is 4.80. The van der Waals surface area contributed by atoms with E-state index in [-0.39, 0.29) is 36.3 Å². The van der Waals surface area contributed by atoms with Crippen molar-refractivity contribution in [2.24, 2.45) is 4.99 Å². The van der Waals surface area contributed by atoms with Gasteiger partial charge in [0, 0.05) is 20.1 Å². The maximum Gasteiger partial charge on any atom is 0.390 e. The van der Waals surface area contributed by atoms with Gasteiger partial charge in [0.1, 0.15) is 11.6 Å². The Morgan fingerprint density at radius 3 is 2.29 bits per heavy atom. The fraction of sp³-hybridized carbons (Fsp3) is 0.533. The lowest BCUT2D eigenvalue weighted by Gasteiger charge is -2.13. The van der Waals surface area contributed by atoms with Crippen molar-refractivity contribution in [3.63, 3.8) is 0 Å². The Balaban J connectivity index is 0.00000529. The van der Waals surface area contributed by atoms with Gasteiger partial charge in [-0.1, -0.05) is 0 Å². The van der Waals surface area contributed by atoms with E-state index in [4.69, 9.17) is 4.74 Å². The third kappa shape index (κ3) is 11.3. The molecule has 138 valence electrons. The summed E-state index contributed by atoms with van der Waals surface area (Å²) in [5.41, 5.74) is 0. The monoisotopic (exact) mass is 463 g/mol. The molecule has 0 aromatic heterocycles. The largest absolute Gasteiger partial charge is 0.494 e. The summed E-state index contributed by atoms with van der Waals surface area (Å²) in [6, 6.07) is 5.76. The van der Waals surface area contributed by atoms with E-state index < -0.39 is 12.6 Å². The van der Waals surface area contributed by atoms with E-state index in [2.05, 4.69) is 15.6 Å². The van der Waals surface area contributed by atoms with Crippen LogP contribution in [0.2, 0.25) is 0 Å². The maximum atomic E-state index is 12.7. The van der Waals surface area contributed by atoms with Crippen LogP contribution in [-0.2, 0) is 0 Å². The Kier molecular flexibility index (Phi) is 11.5. The van der Waals surface area contributed by atoms with Crippen LogP contribution in [0.4, 0.5) is 17.6 Å². The molecule has 0 saturated carbocycles. The zero-order valence-corrected chi connectivity index (χ0v) is 15.7. The molecule has 1 aromatic rings. The average molecular weight is 463 g/mol. The summed E-state index contributed by atoms with van der Waals surface area (Å²) >= 11 is 0. The van der Waals surface area contributed by atoms with Gasteiger partial charge in [0.15, 0.2) is 5.96 Å². The summed E-state index contributed by atoms with van der Waals surface area (Å²) in [5.74, 6) is 0.628. The minimum Gasteiger partial charge on any atom is -0.494 e. The van der Waals surface area contributed by atoms with Crippen molar-refractivity contribution in [1.82, 2.24) is 10.6 Å². The van der Waals surface area contributed by atoms with Crippen molar-refractivity contribution in [3.05, 3.63) is 30.1 Å². The second-order valence-corrected chi connectivity index (χ2v) is 4.80. The van der Waals surface area contributed by atoms with Crippen molar-refractivity contribution >= 4 is 29.9 Å². The molecule has 1 aromatic carbocycles. The Labute approximate surface area is 156 Å². The number of nitrogens with zero attached hydrogens (tertiary/aromatic N) is 1. The predicted octanol–water partition coefficient (Wildman–Crippen LogP) is 3.72. The Morgan fingerprint density at radius 1 is 1.08 bits per heavy atom. The number of alkyl halides is 3. The minimum absolute atomic E-state index is 0. The van der Waals surface area contributed by atoms with Crippen LogP contribution < -0.4 is 15.4 Å². The number of halogens is 5. The van der Waals surface area contributed by atoms with Crippen LogP contribution in [0.1, 0.15) is 19.3 Å². The number of unbranched alkanes of at least 4 members (excludes halogenated alkanes) is 1. The van der Waals surface area contributed by atoms with Gasteiger partial charge in [0.05, 0.1) is 13.0 Å². The average Bonchev–Trinajstić information content (AvgIpc) is 2.49. The first kappa shape index (κ1) is 22.7. The molecule has 24 heavy (non-hydrogen) atoms. The number of rotatable bonds is 8. The van der Waals surface area contributed by atoms with Crippen LogP contribution in [0.25, 0.3) is 0 Å². The third-order valence-corrected chi connectivity index (χ3v) is 2.87. The van der Waals surface area contributed by atoms with Gasteiger partial charge in [0.25, 0.3) is 0 Å². The van der Waals surface area contributed by atoms with Gasteiger partial charge < -0.3 is 15.4 Å². The fourth-order valence-corrected chi connectivity index (χ4v) is 1.70. The van der Waals surface area contributed by atoms with Crippen LogP contribution in [0.5, 0.6) is 5.75 Å². The van der Waals surface area contributed by atoms with Gasteiger partial charge >= 0.3 is 6.18 Å². The normalized spacial score (nSPS) is 11.6. The summed E-state index contributed by atoms with van der Waals surface area (Å²) < 4.78 is 54.2. The van der Waals surface area contributed by atoms with E-state index in [0.29, 0.717) is 24.9 Å². The number of hydrogen-bond acceptors (Lipinski definition) is 2.